The quantitative estimate of drug-likeness (QED) is 0.149. The standard InChI is InChI=1S/C76H72N6/c1-46-27-31-66-60(35-46)58-23-16-18-25-64(58)81(66)68-33-29-49(48-21-20-22-57(41-48)77-15)42-62(68)63-43-50(30-34-69(63)82-65-26-19-17-24-59(65)61-36-47(2)28-32-67(61)82)70-78-71(51-37-53(73(3,4)5)44-54(38-51)74(6,7)8)80-72(79-70)52-39-55(75(9,10)11)45-56(40-52)76(12,13)14/h16-45H,1-14H3. The van der Waals surface area contributed by atoms with E-state index in [1.54, 1.807) is 0 Å². The van der Waals surface area contributed by atoms with Gasteiger partial charge in [-0.05, 0) is 166 Å². The minimum Gasteiger partial charge on any atom is -0.309 e. The van der Waals surface area contributed by atoms with Gasteiger partial charge in [0.1, 0.15) is 0 Å². The van der Waals surface area contributed by atoms with Gasteiger partial charge in [0.2, 0.25) is 0 Å². The molecular weight excluding hydrogens is 997 g/mol. The summed E-state index contributed by atoms with van der Waals surface area (Å²) >= 11 is 0. The Balaban J connectivity index is 1.22. The largest absolute Gasteiger partial charge is 0.309 e. The van der Waals surface area contributed by atoms with Crippen molar-refractivity contribution in [3.8, 4) is 67.8 Å². The van der Waals surface area contributed by atoms with Gasteiger partial charge in [-0.2, -0.15) is 0 Å². The van der Waals surface area contributed by atoms with Crippen molar-refractivity contribution in [3.63, 3.8) is 0 Å². The molecule has 406 valence electrons. The van der Waals surface area contributed by atoms with Crippen LogP contribution in [0.4, 0.5) is 5.69 Å². The van der Waals surface area contributed by atoms with Gasteiger partial charge in [0.25, 0.3) is 0 Å². The number of hydrogen-bond acceptors (Lipinski definition) is 3. The fourth-order valence-electron chi connectivity index (χ4n) is 11.7. The summed E-state index contributed by atoms with van der Waals surface area (Å²) in [7, 11) is 0. The molecule has 0 saturated heterocycles. The van der Waals surface area contributed by atoms with Crippen molar-refractivity contribution < 1.29 is 0 Å². The van der Waals surface area contributed by atoms with Crippen molar-refractivity contribution in [2.45, 2.75) is 119 Å². The van der Waals surface area contributed by atoms with Crippen LogP contribution in [0.25, 0.3) is 116 Å². The monoisotopic (exact) mass is 1070 g/mol. The van der Waals surface area contributed by atoms with Crippen LogP contribution >= 0.6 is 0 Å². The Hall–Kier alpha value is -8.92. The Kier molecular flexibility index (Phi) is 12.9. The maximum atomic E-state index is 8.03. The van der Waals surface area contributed by atoms with Gasteiger partial charge in [0, 0.05) is 49.4 Å². The van der Waals surface area contributed by atoms with Gasteiger partial charge in [-0.25, -0.2) is 19.8 Å². The SMILES string of the molecule is [C-]#[N+]c1cccc(-c2ccc(-n3c4ccccc4c4cc(C)ccc43)c(-c3cc(-c4nc(-c5cc(C(C)(C)C)cc(C(C)(C)C)c5)nc(-c5cc(C(C)(C)C)cc(C(C)(C)C)c5)n4)ccc3-n3c4ccccc4c4cc(C)ccc43)c2)c1. The number of fused-ring (bicyclic) bond motifs is 6. The van der Waals surface area contributed by atoms with E-state index in [-0.39, 0.29) is 21.7 Å². The fraction of sp³-hybridized carbons (Fsp3) is 0.237. The van der Waals surface area contributed by atoms with Crippen molar-refractivity contribution in [3.05, 3.63) is 227 Å². The topological polar surface area (TPSA) is 52.9 Å². The number of nitrogens with zero attached hydrogens (tertiary/aromatic N) is 6. The average molecular weight is 1070 g/mol. The predicted molar refractivity (Wildman–Crippen MR) is 346 cm³/mol. The molecule has 3 aromatic heterocycles. The van der Waals surface area contributed by atoms with E-state index >= 15 is 0 Å². The smallest absolute Gasteiger partial charge is 0.187 e. The van der Waals surface area contributed by atoms with Crippen LogP contribution in [0.5, 0.6) is 0 Å². The van der Waals surface area contributed by atoms with Crippen molar-refractivity contribution in [2.24, 2.45) is 0 Å². The van der Waals surface area contributed by atoms with Gasteiger partial charge < -0.3 is 9.13 Å². The van der Waals surface area contributed by atoms with E-state index in [0.717, 1.165) is 72.4 Å². The summed E-state index contributed by atoms with van der Waals surface area (Å²) < 4.78 is 4.88. The van der Waals surface area contributed by atoms with Crippen LogP contribution in [0.1, 0.15) is 116 Å². The van der Waals surface area contributed by atoms with E-state index in [1.807, 2.05) is 18.2 Å². The van der Waals surface area contributed by atoms with Crippen LogP contribution in [0.3, 0.4) is 0 Å². The Labute approximate surface area is 484 Å². The lowest BCUT2D eigenvalue weighted by atomic mass is 9.79. The highest BCUT2D eigenvalue weighted by Gasteiger charge is 2.27. The molecule has 0 amide bonds. The summed E-state index contributed by atoms with van der Waals surface area (Å²) in [5, 5.41) is 4.76. The third-order valence-electron chi connectivity index (χ3n) is 16.5. The van der Waals surface area contributed by atoms with Gasteiger partial charge >= 0.3 is 0 Å². The van der Waals surface area contributed by atoms with Crippen LogP contribution in [0.2, 0.25) is 0 Å². The first-order valence-electron chi connectivity index (χ1n) is 28.8. The highest BCUT2D eigenvalue weighted by atomic mass is 15.0. The summed E-state index contributed by atoms with van der Waals surface area (Å²) in [4.78, 5) is 20.6. The van der Waals surface area contributed by atoms with Crippen LogP contribution in [-0.4, -0.2) is 24.1 Å². The molecule has 3 heterocycles. The van der Waals surface area contributed by atoms with Crippen molar-refractivity contribution in [2.75, 3.05) is 0 Å². The summed E-state index contributed by atoms with van der Waals surface area (Å²) in [5.41, 5.74) is 20.6. The molecule has 0 spiro atoms. The highest BCUT2D eigenvalue weighted by molar-refractivity contribution is 6.12. The molecule has 0 aliphatic rings. The zero-order valence-corrected chi connectivity index (χ0v) is 50.0. The molecule has 9 aromatic carbocycles. The molecule has 0 unspecified atom stereocenters. The molecule has 82 heavy (non-hydrogen) atoms. The number of rotatable bonds is 7. The van der Waals surface area contributed by atoms with Crippen LogP contribution in [0, 0.1) is 20.4 Å². The predicted octanol–water partition coefficient (Wildman–Crippen LogP) is 20.8. The van der Waals surface area contributed by atoms with Crippen molar-refractivity contribution in [1.29, 1.82) is 0 Å². The Bertz CT molecular complexity index is 4420. The summed E-state index contributed by atoms with van der Waals surface area (Å²) in [6.45, 7) is 39.7. The Morgan fingerprint density at radius 2 is 0.707 bits per heavy atom. The van der Waals surface area contributed by atoms with E-state index < -0.39 is 0 Å². The number of benzene rings is 9. The summed E-state index contributed by atoms with van der Waals surface area (Å²) in [6.07, 6.45) is 0. The number of aryl methyl sites for hydroxylation is 2. The van der Waals surface area contributed by atoms with Crippen LogP contribution < -0.4 is 0 Å². The lowest BCUT2D eigenvalue weighted by molar-refractivity contribution is 0.568. The molecular formula is C76H72N6. The second kappa shape index (κ2) is 19.7. The van der Waals surface area contributed by atoms with Gasteiger partial charge in [-0.1, -0.05) is 179 Å². The number of aromatic nitrogens is 5. The van der Waals surface area contributed by atoms with E-state index in [0.29, 0.717) is 23.2 Å². The molecule has 0 aliphatic carbocycles. The van der Waals surface area contributed by atoms with Crippen molar-refractivity contribution >= 4 is 49.3 Å². The lowest BCUT2D eigenvalue weighted by Gasteiger charge is -2.26. The molecule has 0 bridgehead atoms. The van der Waals surface area contributed by atoms with E-state index in [9.17, 15) is 0 Å². The van der Waals surface area contributed by atoms with Crippen molar-refractivity contribution in [1.82, 2.24) is 24.1 Å². The molecule has 0 atom stereocenters. The molecule has 12 rings (SSSR count). The maximum absolute atomic E-state index is 8.03. The highest BCUT2D eigenvalue weighted by Crippen LogP contribution is 2.45. The van der Waals surface area contributed by atoms with E-state index in [2.05, 4.69) is 275 Å². The first kappa shape index (κ1) is 53.7. The number of hydrogen-bond donors (Lipinski definition) is 0. The normalized spacial score (nSPS) is 12.5. The van der Waals surface area contributed by atoms with E-state index in [1.165, 1.54) is 54.9 Å². The zero-order valence-electron chi connectivity index (χ0n) is 50.0. The molecule has 0 radical (unpaired) electrons. The molecule has 0 aliphatic heterocycles. The Morgan fingerprint density at radius 3 is 1.13 bits per heavy atom. The van der Waals surface area contributed by atoms with Crippen LogP contribution in [-0.2, 0) is 21.7 Å². The fourth-order valence-corrected chi connectivity index (χ4v) is 11.7. The molecule has 6 heteroatoms. The summed E-state index contributed by atoms with van der Waals surface area (Å²) in [5.74, 6) is 1.83. The molecule has 0 fully saturated rings. The molecule has 0 saturated carbocycles. The average Bonchev–Trinajstić information content (AvgIpc) is 1.96. The summed E-state index contributed by atoms with van der Waals surface area (Å²) in [6, 6.07) is 66.6. The minimum atomic E-state index is -0.133. The van der Waals surface area contributed by atoms with Crippen LogP contribution in [0.15, 0.2) is 182 Å². The molecule has 0 N–H and O–H groups in total. The second-order valence-corrected chi connectivity index (χ2v) is 26.8. The third-order valence-corrected chi connectivity index (χ3v) is 16.5. The lowest BCUT2D eigenvalue weighted by Crippen LogP contribution is -2.17. The second-order valence-electron chi connectivity index (χ2n) is 26.8. The van der Waals surface area contributed by atoms with Gasteiger partial charge in [-0.3, -0.25) is 0 Å². The van der Waals surface area contributed by atoms with E-state index in [4.69, 9.17) is 21.5 Å². The minimum absolute atomic E-state index is 0.133. The maximum Gasteiger partial charge on any atom is 0.187 e. The van der Waals surface area contributed by atoms with Gasteiger partial charge in [0.05, 0.1) is 40.0 Å². The zero-order chi connectivity index (χ0) is 57.8. The Morgan fingerprint density at radius 1 is 0.329 bits per heavy atom. The first-order chi connectivity index (χ1) is 38.9. The van der Waals surface area contributed by atoms with Gasteiger partial charge in [0.15, 0.2) is 23.2 Å². The molecule has 6 nitrogen and oxygen atoms in total. The number of para-hydroxylation sites is 2. The molecule has 12 aromatic rings. The van der Waals surface area contributed by atoms with Gasteiger partial charge in [-0.15, -0.1) is 0 Å². The first-order valence-corrected chi connectivity index (χ1v) is 28.8. The third kappa shape index (κ3) is 9.76.